The van der Waals surface area contributed by atoms with Gasteiger partial charge in [-0.05, 0) is 117 Å². The monoisotopic (exact) mass is 674 g/mol. The summed E-state index contributed by atoms with van der Waals surface area (Å²) in [6.07, 6.45) is 0. The molecule has 0 unspecified atom stereocenters. The number of hydrogen-bond acceptors (Lipinski definition) is 0. The third-order valence-electron chi connectivity index (χ3n) is 11.2. The Hall–Kier alpha value is -6.90. The van der Waals surface area contributed by atoms with Crippen molar-refractivity contribution in [2.24, 2.45) is 0 Å². The fourth-order valence-electron chi connectivity index (χ4n) is 8.70. The van der Waals surface area contributed by atoms with E-state index >= 15 is 0 Å². The fraction of sp³-hybridized carbons (Fsp3) is 0.0196. The third kappa shape index (κ3) is 4.59. The molecule has 0 N–H and O–H groups in total. The maximum Gasteiger partial charge on any atom is 0.0547 e. The highest BCUT2D eigenvalue weighted by Gasteiger charge is 2.17. The molecule has 0 saturated heterocycles. The SMILES string of the molecule is Cc1cc(-c2ccccc2)ccc1-n1c2ccccc2c2cc(-c3ccc4c(ccc5c4c4ccccc4n5-c4ccc5ccccc5c4)c3)ccc21. The van der Waals surface area contributed by atoms with Crippen molar-refractivity contribution < 1.29 is 0 Å². The molecule has 0 aliphatic carbocycles. The van der Waals surface area contributed by atoms with Crippen LogP contribution in [0.1, 0.15) is 5.56 Å². The van der Waals surface area contributed by atoms with Crippen LogP contribution in [0, 0.1) is 6.92 Å². The summed E-state index contributed by atoms with van der Waals surface area (Å²) in [4.78, 5) is 0. The Morgan fingerprint density at radius 2 is 0.943 bits per heavy atom. The van der Waals surface area contributed by atoms with E-state index in [2.05, 4.69) is 204 Å². The summed E-state index contributed by atoms with van der Waals surface area (Å²) in [5.41, 5.74) is 13.4. The van der Waals surface area contributed by atoms with E-state index in [-0.39, 0.29) is 0 Å². The van der Waals surface area contributed by atoms with E-state index in [1.165, 1.54) is 104 Å². The zero-order valence-corrected chi connectivity index (χ0v) is 29.3. The Kier molecular flexibility index (Phi) is 6.50. The van der Waals surface area contributed by atoms with Gasteiger partial charge in [-0.15, -0.1) is 0 Å². The van der Waals surface area contributed by atoms with Crippen molar-refractivity contribution in [3.63, 3.8) is 0 Å². The van der Waals surface area contributed by atoms with Gasteiger partial charge in [0.1, 0.15) is 0 Å². The Morgan fingerprint density at radius 3 is 1.79 bits per heavy atom. The summed E-state index contributed by atoms with van der Waals surface area (Å²) in [6.45, 7) is 2.22. The van der Waals surface area contributed by atoms with Crippen LogP contribution in [-0.4, -0.2) is 9.13 Å². The fourth-order valence-corrected chi connectivity index (χ4v) is 8.70. The molecule has 2 heteroatoms. The Balaban J connectivity index is 1.05. The van der Waals surface area contributed by atoms with Crippen molar-refractivity contribution in [1.82, 2.24) is 9.13 Å². The Labute approximate surface area is 307 Å². The lowest BCUT2D eigenvalue weighted by molar-refractivity contribution is 1.15. The third-order valence-corrected chi connectivity index (χ3v) is 11.2. The lowest BCUT2D eigenvalue weighted by Gasteiger charge is -2.13. The molecule has 0 spiro atoms. The van der Waals surface area contributed by atoms with Crippen LogP contribution < -0.4 is 0 Å². The summed E-state index contributed by atoms with van der Waals surface area (Å²) in [5.74, 6) is 0. The molecule has 11 aromatic rings. The molecule has 248 valence electrons. The largest absolute Gasteiger partial charge is 0.309 e. The lowest BCUT2D eigenvalue weighted by Crippen LogP contribution is -1.97. The van der Waals surface area contributed by atoms with Crippen LogP contribution in [0.15, 0.2) is 188 Å². The second-order valence-corrected chi connectivity index (χ2v) is 14.2. The van der Waals surface area contributed by atoms with Gasteiger partial charge in [0, 0.05) is 32.9 Å². The highest BCUT2D eigenvalue weighted by Crippen LogP contribution is 2.40. The Bertz CT molecular complexity index is 3230. The van der Waals surface area contributed by atoms with Crippen molar-refractivity contribution in [2.75, 3.05) is 0 Å². The quantitative estimate of drug-likeness (QED) is 0.176. The van der Waals surface area contributed by atoms with Crippen LogP contribution in [0.2, 0.25) is 0 Å². The van der Waals surface area contributed by atoms with Gasteiger partial charge in [0.2, 0.25) is 0 Å². The summed E-state index contributed by atoms with van der Waals surface area (Å²) >= 11 is 0. The first-order chi connectivity index (χ1) is 26.2. The smallest absolute Gasteiger partial charge is 0.0547 e. The first kappa shape index (κ1) is 29.8. The van der Waals surface area contributed by atoms with Crippen LogP contribution in [0.5, 0.6) is 0 Å². The van der Waals surface area contributed by atoms with Crippen molar-refractivity contribution in [3.05, 3.63) is 194 Å². The van der Waals surface area contributed by atoms with E-state index in [0.29, 0.717) is 0 Å². The van der Waals surface area contributed by atoms with Crippen LogP contribution in [0.25, 0.3) is 98.8 Å². The standard InChI is InChI=1S/C51H34N2/c1-33-29-37(34-11-3-2-4-12-34)21-26-46(33)53-47-17-9-7-15-43(47)45-32-39(22-27-49(45)53)38-20-25-42-40(30-38)23-28-50-51(42)44-16-8-10-18-48(44)52(50)41-24-19-35-13-5-6-14-36(35)31-41/h2-32H,1H3. The van der Waals surface area contributed by atoms with Crippen molar-refractivity contribution in [2.45, 2.75) is 6.92 Å². The number of nitrogens with zero attached hydrogens (tertiary/aromatic N) is 2. The van der Waals surface area contributed by atoms with Gasteiger partial charge in [0.05, 0.1) is 22.1 Å². The maximum absolute atomic E-state index is 2.43. The number of hydrogen-bond donors (Lipinski definition) is 0. The van der Waals surface area contributed by atoms with Gasteiger partial charge in [-0.3, -0.25) is 0 Å². The molecule has 0 aliphatic rings. The van der Waals surface area contributed by atoms with Gasteiger partial charge in [-0.25, -0.2) is 0 Å². The molecule has 0 atom stereocenters. The molecular formula is C51H34N2. The number of para-hydroxylation sites is 2. The van der Waals surface area contributed by atoms with E-state index in [0.717, 1.165) is 0 Å². The van der Waals surface area contributed by atoms with Gasteiger partial charge in [0.25, 0.3) is 0 Å². The number of aryl methyl sites for hydroxylation is 1. The van der Waals surface area contributed by atoms with Crippen LogP contribution >= 0.6 is 0 Å². The summed E-state index contributed by atoms with van der Waals surface area (Å²) < 4.78 is 4.85. The normalized spacial score (nSPS) is 11.9. The molecule has 0 aliphatic heterocycles. The lowest BCUT2D eigenvalue weighted by atomic mass is 9.97. The Morgan fingerprint density at radius 1 is 0.321 bits per heavy atom. The average molecular weight is 675 g/mol. The second kappa shape index (κ2) is 11.6. The minimum Gasteiger partial charge on any atom is -0.309 e. The predicted octanol–water partition coefficient (Wildman–Crippen LogP) is 13.8. The molecule has 2 nitrogen and oxygen atoms in total. The molecule has 0 radical (unpaired) electrons. The van der Waals surface area contributed by atoms with Crippen LogP contribution in [0.4, 0.5) is 0 Å². The van der Waals surface area contributed by atoms with E-state index in [4.69, 9.17) is 0 Å². The molecular weight excluding hydrogens is 641 g/mol. The van der Waals surface area contributed by atoms with Crippen molar-refractivity contribution in [1.29, 1.82) is 0 Å². The summed E-state index contributed by atoms with van der Waals surface area (Å²) in [7, 11) is 0. The number of fused-ring (bicyclic) bond motifs is 9. The molecule has 2 aromatic heterocycles. The zero-order chi connectivity index (χ0) is 35.0. The van der Waals surface area contributed by atoms with Gasteiger partial charge < -0.3 is 9.13 Å². The number of benzene rings is 9. The topological polar surface area (TPSA) is 9.86 Å². The van der Waals surface area contributed by atoms with Crippen molar-refractivity contribution >= 4 is 65.2 Å². The van der Waals surface area contributed by atoms with Crippen LogP contribution in [0.3, 0.4) is 0 Å². The number of rotatable bonds is 4. The summed E-state index contributed by atoms with van der Waals surface area (Å²) in [6, 6.07) is 69.0. The van der Waals surface area contributed by atoms with Gasteiger partial charge in [-0.1, -0.05) is 127 Å². The average Bonchev–Trinajstić information content (AvgIpc) is 3.73. The first-order valence-corrected chi connectivity index (χ1v) is 18.3. The first-order valence-electron chi connectivity index (χ1n) is 18.3. The molecule has 0 bridgehead atoms. The van der Waals surface area contributed by atoms with Gasteiger partial charge in [0.15, 0.2) is 0 Å². The molecule has 9 aromatic carbocycles. The highest BCUT2D eigenvalue weighted by molar-refractivity contribution is 6.22. The molecule has 0 amide bonds. The minimum absolute atomic E-state index is 1.18. The predicted molar refractivity (Wildman–Crippen MR) is 226 cm³/mol. The molecule has 11 rings (SSSR count). The number of aromatic nitrogens is 2. The molecule has 0 fully saturated rings. The highest BCUT2D eigenvalue weighted by atomic mass is 15.0. The second-order valence-electron chi connectivity index (χ2n) is 14.2. The van der Waals surface area contributed by atoms with Crippen molar-refractivity contribution in [3.8, 4) is 33.6 Å². The molecule has 53 heavy (non-hydrogen) atoms. The van der Waals surface area contributed by atoms with E-state index in [9.17, 15) is 0 Å². The molecule has 0 saturated carbocycles. The van der Waals surface area contributed by atoms with E-state index in [1.807, 2.05) is 0 Å². The molecule has 2 heterocycles. The van der Waals surface area contributed by atoms with Gasteiger partial charge >= 0.3 is 0 Å². The maximum atomic E-state index is 2.43. The van der Waals surface area contributed by atoms with Crippen LogP contribution in [-0.2, 0) is 0 Å². The minimum atomic E-state index is 1.18. The van der Waals surface area contributed by atoms with E-state index < -0.39 is 0 Å². The zero-order valence-electron chi connectivity index (χ0n) is 29.3. The van der Waals surface area contributed by atoms with E-state index in [1.54, 1.807) is 0 Å². The van der Waals surface area contributed by atoms with Gasteiger partial charge in [-0.2, -0.15) is 0 Å². The summed E-state index contributed by atoms with van der Waals surface area (Å²) in [5, 5.41) is 10.1.